The second-order valence-corrected chi connectivity index (χ2v) is 4.19. The molecule has 0 saturated carbocycles. The summed E-state index contributed by atoms with van der Waals surface area (Å²) in [6, 6.07) is 11.2. The van der Waals surface area contributed by atoms with Crippen LogP contribution in [0.25, 0.3) is 21.9 Å². The van der Waals surface area contributed by atoms with E-state index >= 15 is 0 Å². The Morgan fingerprint density at radius 1 is 1.22 bits per heavy atom. The lowest BCUT2D eigenvalue weighted by Crippen LogP contribution is -2.06. The highest BCUT2D eigenvalue weighted by Gasteiger charge is 2.13. The van der Waals surface area contributed by atoms with Crippen LogP contribution < -0.4 is 11.1 Å². The van der Waals surface area contributed by atoms with Crippen LogP contribution in [0.4, 0.5) is 11.4 Å². The highest BCUT2D eigenvalue weighted by atomic mass is 16.3. The average Bonchev–Trinajstić information content (AvgIpc) is 2.73. The van der Waals surface area contributed by atoms with E-state index in [0.29, 0.717) is 11.3 Å². The molecule has 3 N–H and O–H groups in total. The van der Waals surface area contributed by atoms with Gasteiger partial charge < -0.3 is 15.5 Å². The van der Waals surface area contributed by atoms with Crippen molar-refractivity contribution in [2.24, 2.45) is 0 Å². The average molecular weight is 240 g/mol. The number of carbonyl (C=O) groups is 1. The summed E-state index contributed by atoms with van der Waals surface area (Å²) < 4.78 is 5.73. The summed E-state index contributed by atoms with van der Waals surface area (Å²) in [5.74, 6) is -0.119. The monoisotopic (exact) mass is 240 g/mol. The van der Waals surface area contributed by atoms with Crippen LogP contribution in [0.5, 0.6) is 0 Å². The van der Waals surface area contributed by atoms with E-state index in [4.69, 9.17) is 10.2 Å². The Labute approximate surface area is 103 Å². The molecule has 0 fully saturated rings. The minimum absolute atomic E-state index is 0.119. The lowest BCUT2D eigenvalue weighted by Gasteiger charge is -2.04. The summed E-state index contributed by atoms with van der Waals surface area (Å²) in [5.41, 5.74) is 8.57. The smallest absolute Gasteiger partial charge is 0.221 e. The van der Waals surface area contributed by atoms with Gasteiger partial charge in [0.2, 0.25) is 5.91 Å². The Morgan fingerprint density at radius 3 is 2.78 bits per heavy atom. The van der Waals surface area contributed by atoms with Gasteiger partial charge in [-0.15, -0.1) is 0 Å². The number of hydrogen-bond acceptors (Lipinski definition) is 3. The van der Waals surface area contributed by atoms with Crippen molar-refractivity contribution in [2.75, 3.05) is 11.1 Å². The number of benzene rings is 2. The van der Waals surface area contributed by atoms with E-state index in [1.165, 1.54) is 6.92 Å². The number of nitrogens with one attached hydrogen (secondary N) is 1. The van der Waals surface area contributed by atoms with E-state index in [9.17, 15) is 4.79 Å². The number of amides is 1. The van der Waals surface area contributed by atoms with Crippen LogP contribution in [0.3, 0.4) is 0 Å². The molecule has 1 amide bonds. The van der Waals surface area contributed by atoms with Gasteiger partial charge in [-0.05, 0) is 18.2 Å². The fourth-order valence-electron chi connectivity index (χ4n) is 2.14. The van der Waals surface area contributed by atoms with Crippen LogP contribution >= 0.6 is 0 Å². The highest BCUT2D eigenvalue weighted by molar-refractivity contribution is 6.16. The Balaban J connectivity index is 2.43. The summed E-state index contributed by atoms with van der Waals surface area (Å²) >= 11 is 0. The van der Waals surface area contributed by atoms with E-state index in [1.807, 2.05) is 24.3 Å². The zero-order valence-corrected chi connectivity index (χ0v) is 9.86. The summed E-state index contributed by atoms with van der Waals surface area (Å²) in [4.78, 5) is 11.2. The molecule has 0 aliphatic carbocycles. The first-order valence-corrected chi connectivity index (χ1v) is 5.64. The van der Waals surface area contributed by atoms with Crippen LogP contribution in [0.2, 0.25) is 0 Å². The molecule has 0 aliphatic rings. The largest absolute Gasteiger partial charge is 0.454 e. The summed E-state index contributed by atoms with van der Waals surface area (Å²) in [6.07, 6.45) is 0. The van der Waals surface area contributed by atoms with E-state index in [2.05, 4.69) is 5.32 Å². The third kappa shape index (κ3) is 1.50. The fourth-order valence-corrected chi connectivity index (χ4v) is 2.14. The molecule has 2 aromatic carbocycles. The molecule has 0 saturated heterocycles. The lowest BCUT2D eigenvalue weighted by molar-refractivity contribution is -0.114. The first kappa shape index (κ1) is 10.7. The van der Waals surface area contributed by atoms with Gasteiger partial charge in [-0.2, -0.15) is 0 Å². The number of anilines is 2. The Hall–Kier alpha value is -2.49. The van der Waals surface area contributed by atoms with Gasteiger partial charge in [0, 0.05) is 12.3 Å². The summed E-state index contributed by atoms with van der Waals surface area (Å²) in [6.45, 7) is 1.48. The number of rotatable bonds is 1. The second-order valence-electron chi connectivity index (χ2n) is 4.19. The molecule has 0 unspecified atom stereocenters. The molecule has 4 heteroatoms. The predicted molar refractivity (Wildman–Crippen MR) is 72.4 cm³/mol. The van der Waals surface area contributed by atoms with Crippen LogP contribution in [-0.4, -0.2) is 5.91 Å². The molecule has 3 rings (SSSR count). The maximum atomic E-state index is 11.2. The van der Waals surface area contributed by atoms with Crippen LogP contribution in [0.15, 0.2) is 40.8 Å². The number of para-hydroxylation sites is 1. The van der Waals surface area contributed by atoms with E-state index in [0.717, 1.165) is 22.0 Å². The van der Waals surface area contributed by atoms with Crippen LogP contribution in [0.1, 0.15) is 6.92 Å². The van der Waals surface area contributed by atoms with Crippen molar-refractivity contribution >= 4 is 39.2 Å². The van der Waals surface area contributed by atoms with Gasteiger partial charge in [0.25, 0.3) is 0 Å². The highest BCUT2D eigenvalue weighted by Crippen LogP contribution is 2.37. The quantitative estimate of drug-likeness (QED) is 0.642. The number of fused-ring (bicyclic) bond motifs is 3. The van der Waals surface area contributed by atoms with E-state index in [1.54, 1.807) is 12.1 Å². The van der Waals surface area contributed by atoms with E-state index in [-0.39, 0.29) is 5.91 Å². The molecule has 90 valence electrons. The number of hydrogen-bond donors (Lipinski definition) is 2. The maximum Gasteiger partial charge on any atom is 0.221 e. The molecule has 18 heavy (non-hydrogen) atoms. The van der Waals surface area contributed by atoms with Gasteiger partial charge in [-0.25, -0.2) is 0 Å². The van der Waals surface area contributed by atoms with Crippen molar-refractivity contribution in [3.05, 3.63) is 36.4 Å². The SMILES string of the molecule is CC(=O)Nc1ccc(N)c2oc3ccccc3c12. The predicted octanol–water partition coefficient (Wildman–Crippen LogP) is 3.13. The van der Waals surface area contributed by atoms with Crippen molar-refractivity contribution in [1.82, 2.24) is 0 Å². The normalized spacial score (nSPS) is 10.9. The summed E-state index contributed by atoms with van der Waals surface area (Å²) in [7, 11) is 0. The maximum absolute atomic E-state index is 11.2. The minimum Gasteiger partial charge on any atom is -0.454 e. The van der Waals surface area contributed by atoms with Crippen molar-refractivity contribution < 1.29 is 9.21 Å². The van der Waals surface area contributed by atoms with Gasteiger partial charge in [0.1, 0.15) is 5.58 Å². The summed E-state index contributed by atoms with van der Waals surface area (Å²) in [5, 5.41) is 4.59. The molecule has 0 atom stereocenters. The molecule has 0 bridgehead atoms. The zero-order valence-electron chi connectivity index (χ0n) is 9.86. The van der Waals surface area contributed by atoms with Gasteiger partial charge in [-0.3, -0.25) is 4.79 Å². The molecule has 3 aromatic rings. The molecular weight excluding hydrogens is 228 g/mol. The first-order chi connectivity index (χ1) is 8.66. The third-order valence-electron chi connectivity index (χ3n) is 2.87. The Bertz CT molecular complexity index is 759. The molecular formula is C14H12N2O2. The van der Waals surface area contributed by atoms with Crippen LogP contribution in [-0.2, 0) is 4.79 Å². The lowest BCUT2D eigenvalue weighted by atomic mass is 10.1. The number of nitrogens with two attached hydrogens (primary N) is 1. The molecule has 0 spiro atoms. The number of carbonyl (C=O) groups excluding carboxylic acids is 1. The molecule has 1 aromatic heterocycles. The Kier molecular flexibility index (Phi) is 2.23. The molecule has 0 radical (unpaired) electrons. The van der Waals surface area contributed by atoms with Gasteiger partial charge in [0.05, 0.1) is 16.8 Å². The standard InChI is InChI=1S/C14H12N2O2/c1-8(17)16-11-7-6-10(15)14-13(11)9-4-2-3-5-12(9)18-14/h2-7H,15H2,1H3,(H,16,17). The minimum atomic E-state index is -0.119. The van der Waals surface area contributed by atoms with Gasteiger partial charge in [-0.1, -0.05) is 18.2 Å². The molecule has 0 aliphatic heterocycles. The fraction of sp³-hybridized carbons (Fsp3) is 0.0714. The molecule has 4 nitrogen and oxygen atoms in total. The topological polar surface area (TPSA) is 68.3 Å². The zero-order chi connectivity index (χ0) is 12.7. The van der Waals surface area contributed by atoms with Gasteiger partial charge >= 0.3 is 0 Å². The molecule has 1 heterocycles. The van der Waals surface area contributed by atoms with Crippen molar-refractivity contribution in [1.29, 1.82) is 0 Å². The number of furan rings is 1. The van der Waals surface area contributed by atoms with Gasteiger partial charge in [0.15, 0.2) is 5.58 Å². The number of nitrogen functional groups attached to an aromatic ring is 1. The Morgan fingerprint density at radius 2 is 2.00 bits per heavy atom. The van der Waals surface area contributed by atoms with E-state index < -0.39 is 0 Å². The first-order valence-electron chi connectivity index (χ1n) is 5.64. The van der Waals surface area contributed by atoms with Crippen molar-refractivity contribution in [3.63, 3.8) is 0 Å². The third-order valence-corrected chi connectivity index (χ3v) is 2.87. The van der Waals surface area contributed by atoms with Crippen molar-refractivity contribution in [2.45, 2.75) is 6.92 Å². The van der Waals surface area contributed by atoms with Crippen molar-refractivity contribution in [3.8, 4) is 0 Å². The van der Waals surface area contributed by atoms with Crippen LogP contribution in [0, 0.1) is 0 Å². The second kappa shape index (κ2) is 3.77.